The van der Waals surface area contributed by atoms with Crippen molar-refractivity contribution < 1.29 is 18.0 Å². The Labute approximate surface area is 81.1 Å². The summed E-state index contributed by atoms with van der Waals surface area (Å²) in [7, 11) is 0. The second-order valence-corrected chi connectivity index (χ2v) is 3.58. The number of rotatable bonds is 2. The molecule has 0 spiro atoms. The molecule has 0 radical (unpaired) electrons. The summed E-state index contributed by atoms with van der Waals surface area (Å²) in [6.45, 7) is 2.16. The normalized spacial score (nSPS) is 22.9. The molecule has 0 N–H and O–H groups in total. The van der Waals surface area contributed by atoms with Gasteiger partial charge in [0.2, 0.25) is 0 Å². The molecule has 1 unspecified atom stereocenters. The maximum atomic E-state index is 12.1. The van der Waals surface area contributed by atoms with Crippen molar-refractivity contribution in [3.63, 3.8) is 0 Å². The van der Waals surface area contributed by atoms with Crippen LogP contribution in [0.15, 0.2) is 0 Å². The Bertz CT molecular complexity index is 215. The molecule has 1 aliphatic heterocycles. The van der Waals surface area contributed by atoms with Crippen LogP contribution in [0.25, 0.3) is 0 Å². The molecule has 1 amide bonds. The zero-order valence-electron chi connectivity index (χ0n) is 8.10. The number of amides is 1. The highest BCUT2D eigenvalue weighted by Gasteiger charge is 2.45. The fourth-order valence-corrected chi connectivity index (χ4v) is 1.90. The van der Waals surface area contributed by atoms with E-state index in [0.717, 1.165) is 11.3 Å². The van der Waals surface area contributed by atoms with E-state index in [0.29, 0.717) is 19.3 Å². The highest BCUT2D eigenvalue weighted by Crippen LogP contribution is 2.27. The molecule has 0 saturated carbocycles. The fourth-order valence-electron chi connectivity index (χ4n) is 1.90. The van der Waals surface area contributed by atoms with Crippen LogP contribution in [0.5, 0.6) is 0 Å². The molecule has 2 nitrogen and oxygen atoms in total. The van der Waals surface area contributed by atoms with Crippen molar-refractivity contribution in [1.82, 2.24) is 4.90 Å². The molecule has 0 aliphatic carbocycles. The van der Waals surface area contributed by atoms with Crippen molar-refractivity contribution in [3.8, 4) is 0 Å². The van der Waals surface area contributed by atoms with Crippen molar-refractivity contribution >= 4 is 5.91 Å². The number of carbonyl (C=O) groups is 1. The standard InChI is InChI=1S/C9H14F3NO/c1-2-4-7-5-3-6-13(7)8(14)9(10,11)12/h7H,2-6H2,1H3. The molecule has 5 heteroatoms. The van der Waals surface area contributed by atoms with Crippen molar-refractivity contribution in [2.75, 3.05) is 6.54 Å². The molecule has 0 aromatic carbocycles. The lowest BCUT2D eigenvalue weighted by molar-refractivity contribution is -0.186. The van der Waals surface area contributed by atoms with Gasteiger partial charge in [-0.1, -0.05) is 13.3 Å². The molecule has 82 valence electrons. The summed E-state index contributed by atoms with van der Waals surface area (Å²) in [5.74, 6) is -1.67. The van der Waals surface area contributed by atoms with Crippen LogP contribution in [0.3, 0.4) is 0 Å². The lowest BCUT2D eigenvalue weighted by atomic mass is 10.1. The maximum Gasteiger partial charge on any atom is 0.471 e. The van der Waals surface area contributed by atoms with Crippen LogP contribution in [0, 0.1) is 0 Å². The topological polar surface area (TPSA) is 20.3 Å². The van der Waals surface area contributed by atoms with Gasteiger partial charge in [-0.15, -0.1) is 0 Å². The van der Waals surface area contributed by atoms with Crippen molar-refractivity contribution in [2.24, 2.45) is 0 Å². The van der Waals surface area contributed by atoms with Crippen LogP contribution < -0.4 is 0 Å². The first-order valence-corrected chi connectivity index (χ1v) is 4.84. The Balaban J connectivity index is 2.62. The maximum absolute atomic E-state index is 12.1. The number of hydrogen-bond donors (Lipinski definition) is 0. The van der Waals surface area contributed by atoms with E-state index in [9.17, 15) is 18.0 Å². The number of halogens is 3. The van der Waals surface area contributed by atoms with Gasteiger partial charge in [0.25, 0.3) is 0 Å². The first-order valence-electron chi connectivity index (χ1n) is 4.84. The van der Waals surface area contributed by atoms with Crippen molar-refractivity contribution in [1.29, 1.82) is 0 Å². The molecule has 1 saturated heterocycles. The van der Waals surface area contributed by atoms with Gasteiger partial charge in [-0.2, -0.15) is 13.2 Å². The number of hydrogen-bond acceptors (Lipinski definition) is 1. The summed E-state index contributed by atoms with van der Waals surface area (Å²) in [5, 5.41) is 0. The third kappa shape index (κ3) is 2.39. The summed E-state index contributed by atoms with van der Waals surface area (Å²) in [6, 6.07) is -0.200. The number of carbonyl (C=O) groups excluding carboxylic acids is 1. The molecule has 1 aliphatic rings. The van der Waals surface area contributed by atoms with E-state index in [1.807, 2.05) is 6.92 Å². The lowest BCUT2D eigenvalue weighted by Gasteiger charge is -2.25. The zero-order chi connectivity index (χ0) is 10.8. The van der Waals surface area contributed by atoms with Gasteiger partial charge in [0.1, 0.15) is 0 Å². The van der Waals surface area contributed by atoms with Crippen LogP contribution in [-0.2, 0) is 4.79 Å². The van der Waals surface area contributed by atoms with Gasteiger partial charge in [-0.05, 0) is 19.3 Å². The molecule has 0 bridgehead atoms. The minimum Gasteiger partial charge on any atom is -0.332 e. The number of likely N-dealkylation sites (tertiary alicyclic amines) is 1. The Morgan fingerprint density at radius 3 is 2.64 bits per heavy atom. The van der Waals surface area contributed by atoms with E-state index >= 15 is 0 Å². The summed E-state index contributed by atoms with van der Waals surface area (Å²) < 4.78 is 36.4. The third-order valence-electron chi connectivity index (χ3n) is 2.50. The monoisotopic (exact) mass is 209 g/mol. The van der Waals surface area contributed by atoms with E-state index in [1.165, 1.54) is 0 Å². The molecule has 14 heavy (non-hydrogen) atoms. The SMILES string of the molecule is CCCC1CCCN1C(=O)C(F)(F)F. The Hall–Kier alpha value is -0.740. The minimum atomic E-state index is -4.71. The van der Waals surface area contributed by atoms with E-state index < -0.39 is 12.1 Å². The summed E-state index contributed by atoms with van der Waals surface area (Å²) in [4.78, 5) is 11.9. The largest absolute Gasteiger partial charge is 0.471 e. The van der Waals surface area contributed by atoms with Gasteiger partial charge < -0.3 is 4.90 Å². The van der Waals surface area contributed by atoms with Gasteiger partial charge in [-0.25, -0.2) is 0 Å². The van der Waals surface area contributed by atoms with Gasteiger partial charge in [0.05, 0.1) is 0 Å². The van der Waals surface area contributed by atoms with E-state index in [-0.39, 0.29) is 12.6 Å². The van der Waals surface area contributed by atoms with Crippen LogP contribution in [0.2, 0.25) is 0 Å². The van der Waals surface area contributed by atoms with Crippen molar-refractivity contribution in [2.45, 2.75) is 44.8 Å². The summed E-state index contributed by atoms with van der Waals surface area (Å²) >= 11 is 0. The predicted octanol–water partition coefficient (Wildman–Crippen LogP) is 2.34. The quantitative estimate of drug-likeness (QED) is 0.683. The van der Waals surface area contributed by atoms with Gasteiger partial charge in [0, 0.05) is 12.6 Å². The molecule has 0 aromatic rings. The highest BCUT2D eigenvalue weighted by atomic mass is 19.4. The molecule has 1 rings (SSSR count). The van der Waals surface area contributed by atoms with E-state index in [1.54, 1.807) is 0 Å². The average Bonchev–Trinajstić information content (AvgIpc) is 2.50. The lowest BCUT2D eigenvalue weighted by Crippen LogP contribution is -2.43. The Kier molecular flexibility index (Phi) is 3.39. The Morgan fingerprint density at radius 2 is 2.14 bits per heavy atom. The summed E-state index contributed by atoms with van der Waals surface area (Å²) in [5.41, 5.74) is 0. The van der Waals surface area contributed by atoms with E-state index in [2.05, 4.69) is 0 Å². The number of alkyl halides is 3. The molecular weight excluding hydrogens is 195 g/mol. The van der Waals surface area contributed by atoms with Crippen molar-refractivity contribution in [3.05, 3.63) is 0 Å². The van der Waals surface area contributed by atoms with Crippen LogP contribution in [0.1, 0.15) is 32.6 Å². The first kappa shape index (κ1) is 11.3. The minimum absolute atomic E-state index is 0.200. The fraction of sp³-hybridized carbons (Fsp3) is 0.889. The molecule has 1 fully saturated rings. The van der Waals surface area contributed by atoms with Gasteiger partial charge >= 0.3 is 12.1 Å². The van der Waals surface area contributed by atoms with Crippen LogP contribution in [0.4, 0.5) is 13.2 Å². The van der Waals surface area contributed by atoms with Crippen LogP contribution >= 0.6 is 0 Å². The average molecular weight is 209 g/mol. The Morgan fingerprint density at radius 1 is 1.50 bits per heavy atom. The molecule has 1 heterocycles. The highest BCUT2D eigenvalue weighted by molar-refractivity contribution is 5.82. The predicted molar refractivity (Wildman–Crippen MR) is 45.7 cm³/mol. The summed E-state index contributed by atoms with van der Waals surface area (Å²) in [6.07, 6.45) is -1.84. The third-order valence-corrected chi connectivity index (χ3v) is 2.50. The molecular formula is C9H14F3NO. The second-order valence-electron chi connectivity index (χ2n) is 3.58. The molecule has 1 atom stereocenters. The first-order chi connectivity index (χ1) is 6.46. The van der Waals surface area contributed by atoms with Gasteiger partial charge in [0.15, 0.2) is 0 Å². The zero-order valence-corrected chi connectivity index (χ0v) is 8.10. The van der Waals surface area contributed by atoms with E-state index in [4.69, 9.17) is 0 Å². The second kappa shape index (κ2) is 4.19. The molecule has 0 aromatic heterocycles. The smallest absolute Gasteiger partial charge is 0.332 e. The number of nitrogens with zero attached hydrogens (tertiary/aromatic N) is 1. The van der Waals surface area contributed by atoms with Crippen LogP contribution in [-0.4, -0.2) is 29.6 Å². The van der Waals surface area contributed by atoms with Gasteiger partial charge in [-0.3, -0.25) is 4.79 Å².